The number of unbranched alkanes of at least 4 members (excludes halogenated alkanes) is 3. The van der Waals surface area contributed by atoms with Crippen LogP contribution in [0, 0.1) is 0 Å². The molecule has 51 nitrogen and oxygen atoms in total. The Labute approximate surface area is 805 Å². The Balaban J connectivity index is -0.000000305. The Morgan fingerprint density at radius 2 is 0.638 bits per heavy atom. The molecule has 740 valence electrons. The number of nitrogens with zero attached hydrogens (tertiary/aromatic N) is 21. The summed E-state index contributed by atoms with van der Waals surface area (Å²) in [6.45, 7) is 10.8. The van der Waals surface area contributed by atoms with Crippen molar-refractivity contribution in [3.8, 4) is 0 Å². The van der Waals surface area contributed by atoms with Crippen molar-refractivity contribution >= 4 is 216 Å². The van der Waals surface area contributed by atoms with E-state index >= 15 is 0 Å². The molecule has 0 unspecified atom stereocenters. The van der Waals surface area contributed by atoms with Gasteiger partial charge in [-0.25, -0.2) is 4.79 Å². The number of carboxylic acid groups (broad SMARTS) is 2. The largest absolute Gasteiger partial charge is 0.481 e. The average molecular weight is 2140 g/mol. The Bertz CT molecular complexity index is 4090. The first-order valence-corrected chi connectivity index (χ1v) is 57.3. The van der Waals surface area contributed by atoms with Crippen molar-refractivity contribution < 1.29 is 106 Å². The first kappa shape index (κ1) is 136. The maximum absolute atomic E-state index is 12.8. The van der Waals surface area contributed by atoms with Gasteiger partial charge in [0.1, 0.15) is 45.2 Å². The first-order valence-electron chi connectivity index (χ1n) is 38.6. The fourth-order valence-electron chi connectivity index (χ4n) is 8.05. The van der Waals surface area contributed by atoms with Crippen LogP contribution >= 0.6 is 0 Å². The minimum absolute atomic E-state index is 0.0758. The molecule has 6 amide bonds. The molecule has 130 heavy (non-hydrogen) atoms. The van der Waals surface area contributed by atoms with Crippen LogP contribution in [0.5, 0.6) is 0 Å². The lowest BCUT2D eigenvalue weighted by Gasteiger charge is -2.20. The van der Waals surface area contributed by atoms with E-state index in [1.165, 1.54) is 35.5 Å². The van der Waals surface area contributed by atoms with Gasteiger partial charge in [0.25, 0.3) is 0 Å². The minimum atomic E-state index is -1.11. The number of hydrogen-bond donors (Lipinski definition) is 10. The molecule has 0 aliphatic heterocycles. The molecular formula is C63H115N29O22S16. The third kappa shape index (κ3) is 121. The van der Waals surface area contributed by atoms with Gasteiger partial charge < -0.3 is 96.2 Å². The third-order valence-corrected chi connectivity index (χ3v) is 35.5. The molecule has 0 aromatic rings. The summed E-state index contributed by atoms with van der Waals surface area (Å²) >= 11 is 18.4. The van der Waals surface area contributed by atoms with E-state index in [-0.39, 0.29) is 180 Å². The van der Waals surface area contributed by atoms with Crippen LogP contribution in [0.25, 0.3) is 73.1 Å². The zero-order chi connectivity index (χ0) is 98.7. The minimum Gasteiger partial charge on any atom is -0.481 e. The summed E-state index contributed by atoms with van der Waals surface area (Å²) in [5.41, 5.74) is 66.9. The number of hydrogen-bond acceptors (Lipinski definition) is 33. The molecule has 0 radical (unpaired) electrons. The van der Waals surface area contributed by atoms with Crippen molar-refractivity contribution in [3.63, 3.8) is 0 Å². The van der Waals surface area contributed by atoms with Gasteiger partial charge in [0.15, 0.2) is 17.3 Å². The number of carbonyl (C=O) groups is 11. The topological polar surface area (TPSA) is 777 Å². The number of carbonyl (C=O) groups excluding carboxylic acids is 9. The highest BCUT2D eigenvalue weighted by Gasteiger charge is 2.24. The van der Waals surface area contributed by atoms with E-state index in [9.17, 15) is 52.7 Å². The average Bonchev–Trinajstić information content (AvgIpc) is 0.929. The lowest BCUT2D eigenvalue weighted by Crippen LogP contribution is -2.43. The molecule has 0 aliphatic carbocycles. The Kier molecular flexibility index (Phi) is 117. The number of amides is 6. The Hall–Kier alpha value is -7.14. The molecule has 0 aromatic heterocycles. The second kappa shape index (κ2) is 112. The molecule has 12 N–H and O–H groups in total. The quantitative estimate of drug-likeness (QED) is 0.0156. The fourth-order valence-corrected chi connectivity index (χ4v) is 30.0. The smallest absolute Gasteiger partial charge is 0.407 e. The maximum Gasteiger partial charge on any atom is 0.407 e. The highest BCUT2D eigenvalue weighted by molar-refractivity contribution is 8.72. The van der Waals surface area contributed by atoms with Crippen LogP contribution in [0.2, 0.25) is 0 Å². The fraction of sp³-hybridized carbons (Fsp3) is 0.825. The van der Waals surface area contributed by atoms with Crippen LogP contribution in [0.4, 0.5) is 4.79 Å². The number of azide groups is 7. The number of nitrogens with one attached hydrogen (secondary N) is 6. The van der Waals surface area contributed by atoms with E-state index in [0.717, 1.165) is 12.8 Å². The summed E-state index contributed by atoms with van der Waals surface area (Å²) in [6, 6.07) is -2.03. The molecule has 67 heteroatoms. The van der Waals surface area contributed by atoms with Gasteiger partial charge in [-0.1, -0.05) is 42.7 Å². The number of ketones is 3. The van der Waals surface area contributed by atoms with Gasteiger partial charge in [-0.2, -0.15) is 0 Å². The van der Waals surface area contributed by atoms with Crippen LogP contribution in [0.1, 0.15) is 130 Å². The molecule has 0 spiro atoms. The van der Waals surface area contributed by atoms with Crippen molar-refractivity contribution in [1.82, 2.24) is 31.9 Å². The lowest BCUT2D eigenvalue weighted by atomic mass is 10.0. The van der Waals surface area contributed by atoms with E-state index in [4.69, 9.17) is 103 Å². The number of Topliss-reactive ketones (excluding diaryl/α,β-unsaturated/α-hetero) is 3. The molecule has 0 aliphatic rings. The van der Waals surface area contributed by atoms with Crippen molar-refractivity contribution in [2.24, 2.45) is 47.3 Å². The molecule has 3 atom stereocenters. The number of ether oxygens (including phenoxy) is 9. The number of carboxylic acids is 2. The summed E-state index contributed by atoms with van der Waals surface area (Å²) < 4.78 is 46.6. The van der Waals surface area contributed by atoms with Crippen LogP contribution in [0.3, 0.4) is 0 Å². The predicted molar refractivity (Wildman–Crippen MR) is 526 cm³/mol. The van der Waals surface area contributed by atoms with E-state index in [1.807, 2.05) is 0 Å². The summed E-state index contributed by atoms with van der Waals surface area (Å²) in [5.74, 6) is -4.20. The standard InChI is InChI=1S/C23H42N10O8.C20H36N8O6.C15H28N8O4.C3H6O2.C2H3N3O2.S9.S7/c24-6-12-39-16-22(36)28-8-13-40-18-23(37)31-19(20(34)5-3-11-38-14-9-29-32-25)4-1-2-7-27-21(35)17-41-15-10-30-33-26;1-20(2,3)34-19(31)23-9-5-4-7-16(26-18(30)15-33-14-11-25-28-22)17(29)8-6-12-32-13-10-24-27-21;16-6-2-1-4-13(21-15(25)12-27-11-8-20-23-18)14(24)5-3-9-26-10-7-19-22-17;1-2-3(4)5;3-5-4-1-2(6)7;1-3-5-7-9-8-6-4-2;1-3-5-7-6-4-2/h19H,1-18,24H2,(H,27,35)(H,28,36)(H,31,37);16H,4-15H2,1-3H3,(H,23,31)(H,26,30);13H,1-12,16H2,(H,21,25);2H2,1H3,(H,4,5);1H2,(H,6,7);;/t19-;16-;13-;;;;/m000..../s1. The van der Waals surface area contributed by atoms with Gasteiger partial charge >= 0.3 is 18.0 Å². The van der Waals surface area contributed by atoms with Crippen molar-refractivity contribution in [2.45, 2.75) is 154 Å². The summed E-state index contributed by atoms with van der Waals surface area (Å²) in [5, 5.41) is 54.2. The van der Waals surface area contributed by atoms with E-state index in [1.54, 1.807) is 98.7 Å². The molecule has 0 aromatic carbocycles. The van der Waals surface area contributed by atoms with Gasteiger partial charge in [0, 0.05) is 297 Å². The maximum atomic E-state index is 12.8. The molecular weight excluding hydrogens is 2030 g/mol. The van der Waals surface area contributed by atoms with Gasteiger partial charge in [-0.3, -0.25) is 47.9 Å². The zero-order valence-electron chi connectivity index (χ0n) is 72.0. The Morgan fingerprint density at radius 1 is 0.354 bits per heavy atom. The molecule has 0 saturated heterocycles. The van der Waals surface area contributed by atoms with Crippen molar-refractivity contribution in [1.29, 1.82) is 0 Å². The van der Waals surface area contributed by atoms with E-state index in [0.29, 0.717) is 117 Å². The van der Waals surface area contributed by atoms with Gasteiger partial charge in [-0.15, -0.1) is 0 Å². The SMILES string of the molecule is CC(C)(C)OC(=O)NCCCC[C@H](NC(=O)COCCN=[N+]=[N-])C(=O)CCCOCCN=[N+]=[N-].CCC(=O)O.S=S=S=S=S=S=S.S=S=S=S=S=S=S=S=S.[N-]=[N+]=NCC(=O)O.[N-]=[N+]=NCCOCCCC(=O)[C@H](CCCCN)NC(=O)COCCN=[N+]=[N-].[N-]=[N+]=NCCOCCCC(=O)[C@H](CCCCNC(=O)COCCN=[N+]=[N-])NC(=O)COCCNC(=O)COCCN. The lowest BCUT2D eigenvalue weighted by molar-refractivity contribution is -0.137. The van der Waals surface area contributed by atoms with Crippen molar-refractivity contribution in [3.05, 3.63) is 73.1 Å². The van der Waals surface area contributed by atoms with E-state index < -0.39 is 66.0 Å². The number of alkyl carbamates (subject to hydrolysis) is 1. The summed E-state index contributed by atoms with van der Waals surface area (Å²) in [7, 11) is 18.3. The van der Waals surface area contributed by atoms with E-state index in [2.05, 4.69) is 147 Å². The van der Waals surface area contributed by atoms with Crippen LogP contribution in [-0.2, 0) is 242 Å². The molecule has 0 bridgehead atoms. The summed E-state index contributed by atoms with van der Waals surface area (Å²) in [4.78, 5) is 146. The predicted octanol–water partition coefficient (Wildman–Crippen LogP) is 5.47. The highest BCUT2D eigenvalue weighted by atomic mass is 33.4. The highest BCUT2D eigenvalue weighted by Crippen LogP contribution is 2.11. The number of nitrogens with two attached hydrogens (primary N) is 2. The molecule has 0 heterocycles. The second-order valence-electron chi connectivity index (χ2n) is 24.4. The van der Waals surface area contributed by atoms with Crippen LogP contribution in [-0.4, -0.2) is 283 Å². The van der Waals surface area contributed by atoms with Gasteiger partial charge in [-0.05, 0) is 143 Å². The molecule has 0 fully saturated rings. The zero-order valence-corrected chi connectivity index (χ0v) is 85.0. The number of rotatable bonds is 68. The summed E-state index contributed by atoms with van der Waals surface area (Å²) in [6.07, 6.45) is 6.86. The monoisotopic (exact) mass is 2140 g/mol. The first-order chi connectivity index (χ1) is 62.6. The van der Waals surface area contributed by atoms with Gasteiger partial charge in [0.2, 0.25) is 29.5 Å². The third-order valence-electron chi connectivity index (χ3n) is 13.3. The normalized spacial score (nSPS) is 10.3. The Morgan fingerprint density at radius 3 is 0.931 bits per heavy atom. The van der Waals surface area contributed by atoms with Gasteiger partial charge in [0.05, 0.1) is 71.0 Å². The van der Waals surface area contributed by atoms with Crippen LogP contribution in [0.15, 0.2) is 35.8 Å². The second-order valence-corrected chi connectivity index (χ2v) is 45.7. The van der Waals surface area contributed by atoms with Crippen molar-refractivity contribution in [2.75, 3.05) is 184 Å². The molecule has 0 rings (SSSR count). The number of aliphatic carboxylic acids is 2. The van der Waals surface area contributed by atoms with Crippen LogP contribution < -0.4 is 43.4 Å². The molecule has 0 saturated carbocycles.